The van der Waals surface area contributed by atoms with Crippen LogP contribution in [0.5, 0.6) is 0 Å². The van der Waals surface area contributed by atoms with E-state index in [2.05, 4.69) is 0 Å². The molecule has 1 nitrogen and oxygen atoms in total. The summed E-state index contributed by atoms with van der Waals surface area (Å²) in [5.74, 6) is 0. The topological polar surface area (TPSA) is 31.5 Å². The van der Waals surface area contributed by atoms with Crippen LogP contribution in [0.4, 0.5) is 0 Å². The summed E-state index contributed by atoms with van der Waals surface area (Å²) in [7, 11) is 0. The summed E-state index contributed by atoms with van der Waals surface area (Å²) >= 11 is 0. The fraction of sp³-hybridized carbons (Fsp3) is 0. The van der Waals surface area contributed by atoms with Crippen molar-refractivity contribution in [2.75, 3.05) is 0 Å². The number of hydrogen-bond donors (Lipinski definition) is 0. The van der Waals surface area contributed by atoms with E-state index in [1.807, 2.05) is 0 Å². The largest absolute Gasteiger partial charge is 0.412 e. The summed E-state index contributed by atoms with van der Waals surface area (Å²) in [4.78, 5) is 0. The van der Waals surface area contributed by atoms with Crippen LogP contribution in [0, 0.1) is 38.6 Å². The molecule has 43 valence electrons. The van der Waals surface area contributed by atoms with Gasteiger partial charge in [0, 0.05) is 89.0 Å². The maximum Gasteiger partial charge on any atom is 0 e. The molecule has 0 aromatic rings. The summed E-state index contributed by atoms with van der Waals surface area (Å²) < 4.78 is 0. The molecule has 0 aromatic carbocycles. The summed E-state index contributed by atoms with van der Waals surface area (Å²) in [6.45, 7) is 0. The molecule has 2 N–H and O–H groups in total. The molecule has 5 heteroatoms. The van der Waals surface area contributed by atoms with Gasteiger partial charge in [0.05, 0.1) is 0 Å². The molecule has 0 bridgehead atoms. The molecule has 0 rings (SSSR count). The zero-order chi connectivity index (χ0) is 0. The Balaban J connectivity index is 0. The van der Waals surface area contributed by atoms with Gasteiger partial charge in [-0.1, -0.05) is 0 Å². The van der Waals surface area contributed by atoms with Crippen molar-refractivity contribution < 1.29 is 94.4 Å². The van der Waals surface area contributed by atoms with Gasteiger partial charge in [-0.2, -0.15) is 0 Å². The van der Waals surface area contributed by atoms with Gasteiger partial charge >= 0.3 is 0 Å². The third-order valence-electron chi connectivity index (χ3n) is 0. The van der Waals surface area contributed by atoms with Gasteiger partial charge < -0.3 is 5.48 Å². The molecular formula is H2CoMnNiOTb. The summed E-state index contributed by atoms with van der Waals surface area (Å²) in [5, 5.41) is 0. The van der Waals surface area contributed by atoms with Crippen molar-refractivity contribution in [1.82, 2.24) is 0 Å². The predicted octanol–water partition coefficient (Wildman–Crippen LogP) is -0.832. The van der Waals surface area contributed by atoms with Gasteiger partial charge in [-0.3, -0.25) is 0 Å². The molecule has 0 aromatic heterocycles. The van der Waals surface area contributed by atoms with Crippen LogP contribution >= 0.6 is 0 Å². The Morgan fingerprint density at radius 2 is 1.00 bits per heavy atom. The first-order valence-electron chi connectivity index (χ1n) is 0. The van der Waals surface area contributed by atoms with Gasteiger partial charge in [0.15, 0.2) is 0 Å². The normalized spacial score (nSPS) is 0. The van der Waals surface area contributed by atoms with Crippen molar-refractivity contribution in [3.05, 3.63) is 0 Å². The van der Waals surface area contributed by atoms with E-state index < -0.39 is 0 Å². The monoisotopic (exact) mass is 349 g/mol. The molecule has 0 fully saturated rings. The molecule has 0 saturated carbocycles. The zero-order valence-electron chi connectivity index (χ0n) is 1.86. The number of rotatable bonds is 0. The van der Waals surface area contributed by atoms with Gasteiger partial charge in [0.2, 0.25) is 0 Å². The van der Waals surface area contributed by atoms with E-state index >= 15 is 0 Å². The zero-order valence-corrected chi connectivity index (χ0v) is 7.21. The third kappa shape index (κ3) is 20.1. The second kappa shape index (κ2) is 29.4. The first-order valence-corrected chi connectivity index (χ1v) is 0. The molecule has 5 heavy (non-hydrogen) atoms. The quantitative estimate of drug-likeness (QED) is 0.511. The molecular weight excluding hydrogens is 347 g/mol. The molecule has 0 saturated heterocycles. The van der Waals surface area contributed by atoms with Crippen LogP contribution in [0.1, 0.15) is 0 Å². The Hall–Kier alpha value is 2.77. The molecule has 0 heterocycles. The van der Waals surface area contributed by atoms with Crippen LogP contribution in [0.15, 0.2) is 0 Å². The van der Waals surface area contributed by atoms with Gasteiger partial charge in [-0.05, 0) is 0 Å². The SMILES string of the molecule is O.[Co].[Mn].[Ni].[Tb]. The molecule has 0 aliphatic carbocycles. The van der Waals surface area contributed by atoms with Crippen molar-refractivity contribution >= 4 is 0 Å². The fourth-order valence-electron chi connectivity index (χ4n) is 0. The van der Waals surface area contributed by atoms with Crippen LogP contribution < -0.4 is 0 Å². The minimum absolute atomic E-state index is 0. The van der Waals surface area contributed by atoms with Crippen LogP contribution in [-0.4, -0.2) is 5.48 Å². The van der Waals surface area contributed by atoms with Gasteiger partial charge in [-0.25, -0.2) is 0 Å². The van der Waals surface area contributed by atoms with E-state index in [1.165, 1.54) is 0 Å². The number of hydrogen-bond acceptors (Lipinski definition) is 0. The van der Waals surface area contributed by atoms with E-state index in [0.29, 0.717) is 0 Å². The van der Waals surface area contributed by atoms with Crippen molar-refractivity contribution in [2.24, 2.45) is 0 Å². The Bertz CT molecular complexity index is 11.6. The molecule has 0 atom stereocenters. The molecule has 0 unspecified atom stereocenters. The maximum absolute atomic E-state index is 0. The molecule has 0 amide bonds. The second-order valence-electron chi connectivity index (χ2n) is 0. The van der Waals surface area contributed by atoms with E-state index in [-0.39, 0.29) is 94.4 Å². The maximum atomic E-state index is 0. The van der Waals surface area contributed by atoms with Gasteiger partial charge in [-0.15, -0.1) is 0 Å². The first kappa shape index (κ1) is 46.5. The average molecular weight is 350 g/mol. The summed E-state index contributed by atoms with van der Waals surface area (Å²) in [6.07, 6.45) is 0. The van der Waals surface area contributed by atoms with E-state index in [4.69, 9.17) is 0 Å². The third-order valence-corrected chi connectivity index (χ3v) is 0. The molecule has 3 radical (unpaired) electrons. The van der Waals surface area contributed by atoms with Crippen LogP contribution in [0.2, 0.25) is 0 Å². The minimum Gasteiger partial charge on any atom is -0.412 e. The Morgan fingerprint density at radius 1 is 1.00 bits per heavy atom. The Morgan fingerprint density at radius 3 is 1.00 bits per heavy atom. The fourth-order valence-corrected chi connectivity index (χ4v) is 0. The second-order valence-corrected chi connectivity index (χ2v) is 0. The van der Waals surface area contributed by atoms with Crippen molar-refractivity contribution in [3.8, 4) is 0 Å². The molecule has 0 aliphatic rings. The van der Waals surface area contributed by atoms with Crippen molar-refractivity contribution in [3.63, 3.8) is 0 Å². The van der Waals surface area contributed by atoms with E-state index in [1.54, 1.807) is 0 Å². The Kier molecular flexibility index (Phi) is 273. The van der Waals surface area contributed by atoms with Crippen molar-refractivity contribution in [2.45, 2.75) is 0 Å². The van der Waals surface area contributed by atoms with Crippen molar-refractivity contribution in [1.29, 1.82) is 0 Å². The van der Waals surface area contributed by atoms with E-state index in [9.17, 15) is 0 Å². The van der Waals surface area contributed by atoms with Gasteiger partial charge in [0.1, 0.15) is 0 Å². The van der Waals surface area contributed by atoms with Crippen LogP contribution in [0.25, 0.3) is 0 Å². The Labute approximate surface area is 92.7 Å². The van der Waals surface area contributed by atoms with E-state index in [0.717, 1.165) is 0 Å². The predicted molar refractivity (Wildman–Crippen MR) is 3.61 cm³/mol. The summed E-state index contributed by atoms with van der Waals surface area (Å²) in [6, 6.07) is 0. The molecule has 0 aliphatic heterocycles. The summed E-state index contributed by atoms with van der Waals surface area (Å²) in [5.41, 5.74) is 0. The standard InChI is InChI=1S/Co.Mn.Ni.H2O.Tb/h;;;1H2;. The van der Waals surface area contributed by atoms with Gasteiger partial charge in [0.25, 0.3) is 0 Å². The van der Waals surface area contributed by atoms with Crippen LogP contribution in [0.3, 0.4) is 0 Å². The first-order chi connectivity index (χ1) is 0. The minimum atomic E-state index is 0. The molecule has 0 spiro atoms. The van der Waals surface area contributed by atoms with Crippen LogP contribution in [-0.2, 0) is 50.3 Å². The average Bonchev–Trinajstić information content (AvgIpc) is 0. The smallest absolute Gasteiger partial charge is 0 e.